The van der Waals surface area contributed by atoms with Gasteiger partial charge < -0.3 is 4.90 Å². The van der Waals surface area contributed by atoms with E-state index >= 15 is 0 Å². The second-order valence-electron chi connectivity index (χ2n) is 4.82. The zero-order valence-electron chi connectivity index (χ0n) is 12.1. The maximum atomic E-state index is 14.0. The largest absolute Gasteiger partial charge is 0.370 e. The molecule has 2 amide bonds. The molecule has 5 heteroatoms. The summed E-state index contributed by atoms with van der Waals surface area (Å²) < 4.78 is 14.0. The molecule has 1 aromatic carbocycles. The molecule has 1 N–H and O–H groups in total. The van der Waals surface area contributed by atoms with Crippen molar-refractivity contribution in [3.63, 3.8) is 0 Å². The topological polar surface area (TPSA) is 49.4 Å². The standard InChI is InChI=1S/C15H21FN2O2/c1-4-12-6-7-14(13(16)9-12)18(3)11(2)5-8-15(20)17-10-19/h6-7,9-11H,4-5,8H2,1-3H3,(H,17,19,20). The molecule has 1 unspecified atom stereocenters. The van der Waals surface area contributed by atoms with Crippen molar-refractivity contribution in [2.75, 3.05) is 11.9 Å². The Balaban J connectivity index is 2.66. The molecule has 0 radical (unpaired) electrons. The maximum Gasteiger partial charge on any atom is 0.226 e. The fraction of sp³-hybridized carbons (Fsp3) is 0.467. The van der Waals surface area contributed by atoms with Gasteiger partial charge in [-0.3, -0.25) is 14.9 Å². The maximum absolute atomic E-state index is 14.0. The molecule has 20 heavy (non-hydrogen) atoms. The van der Waals surface area contributed by atoms with Crippen LogP contribution in [0.1, 0.15) is 32.3 Å². The van der Waals surface area contributed by atoms with Crippen molar-refractivity contribution >= 4 is 18.0 Å². The van der Waals surface area contributed by atoms with E-state index in [2.05, 4.69) is 5.32 Å². The molecule has 0 aliphatic rings. The van der Waals surface area contributed by atoms with E-state index in [-0.39, 0.29) is 24.2 Å². The predicted molar refractivity (Wildman–Crippen MR) is 77.1 cm³/mol. The zero-order valence-corrected chi connectivity index (χ0v) is 12.1. The first-order chi connectivity index (χ1) is 9.49. The second kappa shape index (κ2) is 7.62. The van der Waals surface area contributed by atoms with Crippen LogP contribution in [0.3, 0.4) is 0 Å². The van der Waals surface area contributed by atoms with E-state index in [1.807, 2.05) is 24.8 Å². The number of halogens is 1. The molecule has 1 rings (SSSR count). The third kappa shape index (κ3) is 4.33. The first-order valence-corrected chi connectivity index (χ1v) is 6.73. The number of benzene rings is 1. The Hall–Kier alpha value is -1.91. The molecule has 0 fully saturated rings. The second-order valence-corrected chi connectivity index (χ2v) is 4.82. The number of imide groups is 1. The molecule has 0 aliphatic carbocycles. The van der Waals surface area contributed by atoms with Gasteiger partial charge in [-0.25, -0.2) is 4.39 Å². The summed E-state index contributed by atoms with van der Waals surface area (Å²) in [5.41, 5.74) is 1.48. The minimum absolute atomic E-state index is 0.00521. The Labute approximate surface area is 119 Å². The van der Waals surface area contributed by atoms with Crippen LogP contribution >= 0.6 is 0 Å². The number of nitrogens with one attached hydrogen (secondary N) is 1. The van der Waals surface area contributed by atoms with Crippen LogP contribution in [0.2, 0.25) is 0 Å². The van der Waals surface area contributed by atoms with Gasteiger partial charge in [0, 0.05) is 19.5 Å². The van der Waals surface area contributed by atoms with Gasteiger partial charge in [0.2, 0.25) is 12.3 Å². The number of amides is 2. The molecule has 0 heterocycles. The SMILES string of the molecule is CCc1ccc(N(C)C(C)CCC(=O)NC=O)c(F)c1. The summed E-state index contributed by atoms with van der Waals surface area (Å²) in [4.78, 5) is 23.2. The molecular weight excluding hydrogens is 259 g/mol. The van der Waals surface area contributed by atoms with Crippen molar-refractivity contribution in [3.8, 4) is 0 Å². The number of aryl methyl sites for hydroxylation is 1. The molecule has 0 aliphatic heterocycles. The molecule has 110 valence electrons. The number of hydrogen-bond acceptors (Lipinski definition) is 3. The molecule has 4 nitrogen and oxygen atoms in total. The lowest BCUT2D eigenvalue weighted by Gasteiger charge is -2.27. The van der Waals surface area contributed by atoms with Crippen LogP contribution in [0.25, 0.3) is 0 Å². The average Bonchev–Trinajstić information content (AvgIpc) is 2.44. The van der Waals surface area contributed by atoms with Gasteiger partial charge in [-0.2, -0.15) is 0 Å². The van der Waals surface area contributed by atoms with Crippen LogP contribution in [-0.4, -0.2) is 25.4 Å². The number of rotatable bonds is 7. The van der Waals surface area contributed by atoms with Crippen LogP contribution in [0, 0.1) is 5.82 Å². The third-order valence-electron chi connectivity index (χ3n) is 3.47. The fourth-order valence-corrected chi connectivity index (χ4v) is 1.97. The highest BCUT2D eigenvalue weighted by molar-refractivity contribution is 5.85. The number of carbonyl (C=O) groups excluding carboxylic acids is 2. The van der Waals surface area contributed by atoms with Crippen LogP contribution in [0.5, 0.6) is 0 Å². The Morgan fingerprint density at radius 2 is 2.20 bits per heavy atom. The van der Waals surface area contributed by atoms with Gasteiger partial charge in [0.05, 0.1) is 5.69 Å². The fourth-order valence-electron chi connectivity index (χ4n) is 1.97. The molecular formula is C15H21FN2O2. The van der Waals surface area contributed by atoms with Gasteiger partial charge >= 0.3 is 0 Å². The number of anilines is 1. The van der Waals surface area contributed by atoms with Crippen molar-refractivity contribution in [1.82, 2.24) is 5.32 Å². The van der Waals surface area contributed by atoms with Crippen molar-refractivity contribution in [3.05, 3.63) is 29.6 Å². The molecule has 0 saturated carbocycles. The lowest BCUT2D eigenvalue weighted by molar-refractivity contribution is -0.125. The van der Waals surface area contributed by atoms with Crippen LogP contribution in [0.15, 0.2) is 18.2 Å². The summed E-state index contributed by atoms with van der Waals surface area (Å²) in [7, 11) is 1.80. The van der Waals surface area contributed by atoms with Crippen LogP contribution < -0.4 is 10.2 Å². The Bertz CT molecular complexity index is 477. The highest BCUT2D eigenvalue weighted by Gasteiger charge is 2.15. The van der Waals surface area contributed by atoms with Crippen molar-refractivity contribution < 1.29 is 14.0 Å². The quantitative estimate of drug-likeness (QED) is 0.779. The van der Waals surface area contributed by atoms with Gasteiger partial charge in [0.15, 0.2) is 0 Å². The van der Waals surface area contributed by atoms with E-state index in [0.717, 1.165) is 12.0 Å². The van der Waals surface area contributed by atoms with Gasteiger partial charge in [0.25, 0.3) is 0 Å². The lowest BCUT2D eigenvalue weighted by atomic mass is 10.1. The van der Waals surface area contributed by atoms with Gasteiger partial charge in [-0.05, 0) is 37.5 Å². The molecule has 0 aromatic heterocycles. The van der Waals surface area contributed by atoms with Crippen LogP contribution in [0.4, 0.5) is 10.1 Å². The molecule has 0 bridgehead atoms. The van der Waals surface area contributed by atoms with Crippen molar-refractivity contribution in [2.45, 2.75) is 39.2 Å². The summed E-state index contributed by atoms with van der Waals surface area (Å²) in [5, 5.41) is 2.09. The smallest absolute Gasteiger partial charge is 0.226 e. The van der Waals surface area contributed by atoms with E-state index in [1.54, 1.807) is 13.1 Å². The van der Waals surface area contributed by atoms with Gasteiger partial charge in [-0.15, -0.1) is 0 Å². The minimum atomic E-state index is -0.318. The highest BCUT2D eigenvalue weighted by Crippen LogP contribution is 2.22. The molecule has 1 aromatic rings. The van der Waals surface area contributed by atoms with Crippen molar-refractivity contribution in [1.29, 1.82) is 0 Å². The minimum Gasteiger partial charge on any atom is -0.370 e. The van der Waals surface area contributed by atoms with E-state index < -0.39 is 0 Å². The third-order valence-corrected chi connectivity index (χ3v) is 3.47. The van der Waals surface area contributed by atoms with E-state index in [9.17, 15) is 14.0 Å². The summed E-state index contributed by atoms with van der Waals surface area (Å²) in [5.74, 6) is -0.571. The first kappa shape index (κ1) is 16.1. The summed E-state index contributed by atoms with van der Waals surface area (Å²) in [6.45, 7) is 3.90. The number of nitrogens with zero attached hydrogens (tertiary/aromatic N) is 1. The summed E-state index contributed by atoms with van der Waals surface area (Å²) in [6.07, 6.45) is 1.95. The number of hydrogen-bond donors (Lipinski definition) is 1. The Morgan fingerprint density at radius 1 is 1.50 bits per heavy atom. The molecule has 0 saturated heterocycles. The van der Waals surface area contributed by atoms with Gasteiger partial charge in [0.1, 0.15) is 5.82 Å². The van der Waals surface area contributed by atoms with E-state index in [1.165, 1.54) is 6.07 Å². The normalized spacial score (nSPS) is 11.8. The van der Waals surface area contributed by atoms with E-state index in [0.29, 0.717) is 18.5 Å². The monoisotopic (exact) mass is 280 g/mol. The lowest BCUT2D eigenvalue weighted by Crippen LogP contribution is -2.31. The van der Waals surface area contributed by atoms with Crippen molar-refractivity contribution in [2.24, 2.45) is 0 Å². The predicted octanol–water partition coefficient (Wildman–Crippen LogP) is 2.27. The van der Waals surface area contributed by atoms with Crippen LogP contribution in [-0.2, 0) is 16.0 Å². The Kier molecular flexibility index (Phi) is 6.15. The molecule has 0 spiro atoms. The Morgan fingerprint density at radius 3 is 2.75 bits per heavy atom. The van der Waals surface area contributed by atoms with E-state index in [4.69, 9.17) is 0 Å². The first-order valence-electron chi connectivity index (χ1n) is 6.73. The molecule has 1 atom stereocenters. The zero-order chi connectivity index (χ0) is 15.1. The highest BCUT2D eigenvalue weighted by atomic mass is 19.1. The summed E-state index contributed by atoms with van der Waals surface area (Å²) in [6, 6.07) is 5.20. The average molecular weight is 280 g/mol. The number of carbonyl (C=O) groups is 2. The van der Waals surface area contributed by atoms with Gasteiger partial charge in [-0.1, -0.05) is 13.0 Å². The summed E-state index contributed by atoms with van der Waals surface area (Å²) >= 11 is 0.